The summed E-state index contributed by atoms with van der Waals surface area (Å²) >= 11 is 0. The van der Waals surface area contributed by atoms with Gasteiger partial charge in [-0.3, -0.25) is 9.59 Å². The summed E-state index contributed by atoms with van der Waals surface area (Å²) in [5.41, 5.74) is 5.00. The molecule has 0 saturated heterocycles. The molecule has 4 rings (SSSR count). The Morgan fingerprint density at radius 1 is 0.816 bits per heavy atom. The number of carboxylic acids is 1. The van der Waals surface area contributed by atoms with Crippen molar-refractivity contribution >= 4 is 28.7 Å². The maximum Gasteiger partial charge on any atom is 0.326 e. The molecule has 1 aromatic heterocycles. The number of nitrogens with one attached hydrogen (secondary N) is 1. The largest absolute Gasteiger partial charge is 0.480 e. The van der Waals surface area contributed by atoms with Crippen molar-refractivity contribution in [1.82, 2.24) is 14.8 Å². The van der Waals surface area contributed by atoms with Crippen LogP contribution in [0.5, 0.6) is 0 Å². The van der Waals surface area contributed by atoms with Crippen LogP contribution in [0.1, 0.15) is 32.6 Å². The highest BCUT2D eigenvalue weighted by Gasteiger charge is 2.36. The molecule has 7 nitrogen and oxygen atoms in total. The average Bonchev–Trinajstić information content (AvgIpc) is 3.33. The van der Waals surface area contributed by atoms with Gasteiger partial charge in [0.05, 0.1) is 0 Å². The molecule has 196 valence electrons. The first kappa shape index (κ1) is 26.7. The smallest absolute Gasteiger partial charge is 0.326 e. The molecule has 4 aromatic rings. The zero-order valence-corrected chi connectivity index (χ0v) is 22.1. The molecule has 0 saturated carbocycles. The summed E-state index contributed by atoms with van der Waals surface area (Å²) in [5.74, 6) is -1.82. The Hall–Kier alpha value is -4.39. The quantitative estimate of drug-likeness (QED) is 0.343. The van der Waals surface area contributed by atoms with Gasteiger partial charge in [0.1, 0.15) is 12.1 Å². The minimum atomic E-state index is -1.11. The van der Waals surface area contributed by atoms with Gasteiger partial charge in [0.2, 0.25) is 5.91 Å². The van der Waals surface area contributed by atoms with E-state index in [2.05, 4.69) is 4.98 Å². The van der Waals surface area contributed by atoms with E-state index in [1.54, 1.807) is 25.4 Å². The molecule has 0 aliphatic rings. The van der Waals surface area contributed by atoms with E-state index in [0.717, 1.165) is 33.2 Å². The van der Waals surface area contributed by atoms with Crippen molar-refractivity contribution in [2.75, 3.05) is 14.1 Å². The number of aromatic amines is 1. The average molecular weight is 512 g/mol. The predicted molar refractivity (Wildman–Crippen MR) is 148 cm³/mol. The number of H-pyrrole nitrogens is 1. The summed E-state index contributed by atoms with van der Waals surface area (Å²) in [6.07, 6.45) is 2.18. The summed E-state index contributed by atoms with van der Waals surface area (Å²) in [5, 5.41) is 11.1. The molecule has 0 aliphatic heterocycles. The molecular formula is C31H33N3O4. The maximum atomic E-state index is 14.0. The Bertz CT molecular complexity index is 1460. The van der Waals surface area contributed by atoms with Crippen LogP contribution in [0.15, 0.2) is 79.0 Å². The van der Waals surface area contributed by atoms with Gasteiger partial charge >= 0.3 is 5.97 Å². The second kappa shape index (κ2) is 11.3. The topological polar surface area (TPSA) is 93.7 Å². The van der Waals surface area contributed by atoms with Gasteiger partial charge in [0.25, 0.3) is 5.91 Å². The molecule has 0 fully saturated rings. The van der Waals surface area contributed by atoms with Crippen LogP contribution in [-0.2, 0) is 22.4 Å². The monoisotopic (exact) mass is 511 g/mol. The van der Waals surface area contributed by atoms with Gasteiger partial charge in [-0.2, -0.15) is 0 Å². The fourth-order valence-electron chi connectivity index (χ4n) is 4.77. The van der Waals surface area contributed by atoms with Gasteiger partial charge in [0.15, 0.2) is 0 Å². The first-order valence-corrected chi connectivity index (χ1v) is 12.6. The van der Waals surface area contributed by atoms with E-state index >= 15 is 0 Å². The SMILES string of the molecule is Cc1ccc(CC(C(=O)N(C)C(Cc2c[nH]c3ccccc23)C(=O)O)N(C)C(=O)c2ccccc2C)cc1. The zero-order valence-electron chi connectivity index (χ0n) is 22.1. The van der Waals surface area contributed by atoms with Crippen LogP contribution in [0.2, 0.25) is 0 Å². The first-order valence-electron chi connectivity index (χ1n) is 12.6. The normalized spacial score (nSPS) is 12.6. The van der Waals surface area contributed by atoms with E-state index in [1.165, 1.54) is 16.8 Å². The van der Waals surface area contributed by atoms with Crippen molar-refractivity contribution in [3.8, 4) is 0 Å². The van der Waals surface area contributed by atoms with Crippen LogP contribution < -0.4 is 0 Å². The Morgan fingerprint density at radius 2 is 1.47 bits per heavy atom. The number of fused-ring (bicyclic) bond motifs is 1. The van der Waals surface area contributed by atoms with Crippen LogP contribution in [0.4, 0.5) is 0 Å². The van der Waals surface area contributed by atoms with Crippen LogP contribution in [0, 0.1) is 13.8 Å². The van der Waals surface area contributed by atoms with Crippen LogP contribution in [0.3, 0.4) is 0 Å². The molecule has 2 atom stereocenters. The minimum absolute atomic E-state index is 0.133. The highest BCUT2D eigenvalue weighted by atomic mass is 16.4. The Morgan fingerprint density at radius 3 is 2.16 bits per heavy atom. The lowest BCUT2D eigenvalue weighted by Gasteiger charge is -2.34. The van der Waals surface area contributed by atoms with E-state index in [-0.39, 0.29) is 18.7 Å². The number of aromatic nitrogens is 1. The molecule has 0 aliphatic carbocycles. The van der Waals surface area contributed by atoms with Crippen LogP contribution in [-0.4, -0.2) is 63.9 Å². The summed E-state index contributed by atoms with van der Waals surface area (Å²) in [6.45, 7) is 3.84. The number of carbonyl (C=O) groups excluding carboxylic acids is 2. The molecule has 0 spiro atoms. The van der Waals surface area contributed by atoms with Crippen molar-refractivity contribution < 1.29 is 19.5 Å². The van der Waals surface area contributed by atoms with Crippen molar-refractivity contribution in [3.05, 3.63) is 107 Å². The van der Waals surface area contributed by atoms with Gasteiger partial charge < -0.3 is 19.9 Å². The number of nitrogens with zero attached hydrogens (tertiary/aromatic N) is 2. The van der Waals surface area contributed by atoms with Gasteiger partial charge in [-0.1, -0.05) is 66.2 Å². The van der Waals surface area contributed by atoms with E-state index in [9.17, 15) is 19.5 Å². The fraction of sp³-hybridized carbons (Fsp3) is 0.258. The molecule has 2 amide bonds. The minimum Gasteiger partial charge on any atom is -0.480 e. The first-order chi connectivity index (χ1) is 18.2. The van der Waals surface area contributed by atoms with Gasteiger partial charge in [-0.25, -0.2) is 4.79 Å². The highest BCUT2D eigenvalue weighted by Crippen LogP contribution is 2.22. The van der Waals surface area contributed by atoms with E-state index in [0.29, 0.717) is 5.56 Å². The fourth-order valence-corrected chi connectivity index (χ4v) is 4.77. The number of carboxylic acid groups (broad SMARTS) is 1. The summed E-state index contributed by atoms with van der Waals surface area (Å²) in [7, 11) is 3.11. The Labute approximate surface area is 222 Å². The molecule has 3 aromatic carbocycles. The third-order valence-electron chi connectivity index (χ3n) is 7.19. The van der Waals surface area contributed by atoms with Crippen LogP contribution >= 0.6 is 0 Å². The lowest BCUT2D eigenvalue weighted by molar-refractivity contribution is -0.150. The number of amides is 2. The number of carbonyl (C=O) groups is 3. The molecule has 2 N–H and O–H groups in total. The second-order valence-electron chi connectivity index (χ2n) is 9.80. The third kappa shape index (κ3) is 5.62. The Balaban J connectivity index is 1.65. The van der Waals surface area contributed by atoms with Crippen molar-refractivity contribution in [2.24, 2.45) is 0 Å². The standard InChI is InChI=1S/C31H33N3O4/c1-20-13-15-22(16-14-20)17-27(33(3)29(35)24-10-6-5-9-21(24)2)30(36)34(4)28(31(37)38)18-23-19-32-26-12-8-7-11-25(23)26/h5-16,19,27-28,32H,17-18H2,1-4H3,(H,37,38). The maximum absolute atomic E-state index is 14.0. The number of likely N-dealkylation sites (N-methyl/N-ethyl adjacent to an activating group) is 2. The molecule has 7 heteroatoms. The highest BCUT2D eigenvalue weighted by molar-refractivity contribution is 5.99. The third-order valence-corrected chi connectivity index (χ3v) is 7.19. The summed E-state index contributed by atoms with van der Waals surface area (Å²) < 4.78 is 0. The van der Waals surface area contributed by atoms with Gasteiger partial charge in [-0.15, -0.1) is 0 Å². The lowest BCUT2D eigenvalue weighted by atomic mass is 9.99. The summed E-state index contributed by atoms with van der Waals surface area (Å²) in [4.78, 5) is 45.8. The lowest BCUT2D eigenvalue weighted by Crippen LogP contribution is -2.54. The van der Waals surface area contributed by atoms with Crippen molar-refractivity contribution in [3.63, 3.8) is 0 Å². The number of hydrogen-bond donors (Lipinski definition) is 2. The predicted octanol–water partition coefficient (Wildman–Crippen LogP) is 4.62. The van der Waals surface area contributed by atoms with Crippen LogP contribution in [0.25, 0.3) is 10.9 Å². The van der Waals surface area contributed by atoms with Crippen molar-refractivity contribution in [2.45, 2.75) is 38.8 Å². The molecule has 1 heterocycles. The zero-order chi connectivity index (χ0) is 27.4. The molecule has 0 radical (unpaired) electrons. The number of hydrogen-bond acceptors (Lipinski definition) is 3. The van der Waals surface area contributed by atoms with E-state index < -0.39 is 24.0 Å². The van der Waals surface area contributed by atoms with Crippen molar-refractivity contribution in [1.29, 1.82) is 0 Å². The molecule has 38 heavy (non-hydrogen) atoms. The number of para-hydroxylation sites is 1. The van der Waals surface area contributed by atoms with Gasteiger partial charge in [0, 0.05) is 49.6 Å². The molecular weight excluding hydrogens is 478 g/mol. The number of rotatable bonds is 9. The van der Waals surface area contributed by atoms with Gasteiger partial charge in [-0.05, 0) is 42.7 Å². The van der Waals surface area contributed by atoms with E-state index in [4.69, 9.17) is 0 Å². The summed E-state index contributed by atoms with van der Waals surface area (Å²) in [6, 6.07) is 20.7. The number of aliphatic carboxylic acids is 1. The number of aryl methyl sites for hydroxylation is 2. The van der Waals surface area contributed by atoms with E-state index in [1.807, 2.05) is 74.5 Å². The second-order valence-corrected chi connectivity index (χ2v) is 9.80. The Kier molecular flexibility index (Phi) is 7.96. The molecule has 0 bridgehead atoms. The number of benzene rings is 3. The molecule has 2 unspecified atom stereocenters.